The van der Waals surface area contributed by atoms with Crippen LogP contribution in [0.25, 0.3) is 0 Å². The van der Waals surface area contributed by atoms with Crippen LogP contribution in [0.1, 0.15) is 59.3 Å². The molecular weight excluding hydrogens is 540 g/mol. The van der Waals surface area contributed by atoms with E-state index in [1.807, 2.05) is 12.2 Å². The summed E-state index contributed by atoms with van der Waals surface area (Å²) in [7, 11) is 0. The van der Waals surface area contributed by atoms with E-state index in [2.05, 4.69) is 36.3 Å². The van der Waals surface area contributed by atoms with Crippen molar-refractivity contribution in [3.63, 3.8) is 0 Å². The van der Waals surface area contributed by atoms with Crippen LogP contribution in [0.3, 0.4) is 0 Å². The number of piperidine rings is 1. The van der Waals surface area contributed by atoms with Gasteiger partial charge in [0.2, 0.25) is 17.7 Å². The Hall–Kier alpha value is -2.42. The van der Waals surface area contributed by atoms with Gasteiger partial charge in [0.1, 0.15) is 11.6 Å². The molecule has 0 aromatic heterocycles. The maximum Gasteiger partial charge on any atom is 0.246 e. The predicted molar refractivity (Wildman–Crippen MR) is 158 cm³/mol. The highest BCUT2D eigenvalue weighted by Crippen LogP contribution is 2.55. The first-order valence-electron chi connectivity index (χ1n) is 15.5. The number of nitrogens with zero attached hydrogens (tertiary/aromatic N) is 2. The minimum Gasteiger partial charge on any atom is -0.359 e. The number of nitrogens with one attached hydrogen (secondary N) is 2. The predicted octanol–water partition coefficient (Wildman–Crippen LogP) is 4.24. The molecule has 3 amide bonds. The first kappa shape index (κ1) is 28.7. The molecule has 9 heteroatoms. The maximum absolute atomic E-state index is 14.3. The Morgan fingerprint density at radius 2 is 1.90 bits per heavy atom. The average Bonchev–Trinajstić information content (AvgIpc) is 3.58. The number of hydrogen-bond acceptors (Lipinski definition) is 5. The molecule has 9 atom stereocenters. The van der Waals surface area contributed by atoms with Crippen molar-refractivity contribution in [3.8, 4) is 0 Å². The molecule has 222 valence electrons. The lowest BCUT2D eigenvalue weighted by atomic mass is 9.73. The number of fused-ring (bicyclic) bond motifs is 1. The highest BCUT2D eigenvalue weighted by atomic mass is 35.5. The molecule has 1 aromatic carbocycles. The van der Waals surface area contributed by atoms with Crippen molar-refractivity contribution in [2.45, 2.75) is 89.1 Å². The van der Waals surface area contributed by atoms with Gasteiger partial charge in [0.15, 0.2) is 0 Å². The summed E-state index contributed by atoms with van der Waals surface area (Å²) in [6.45, 7) is 8.81. The summed E-state index contributed by atoms with van der Waals surface area (Å²) in [4.78, 5) is 46.3. The molecule has 1 aliphatic carbocycles. The lowest BCUT2D eigenvalue weighted by molar-refractivity contribution is -0.142. The Labute approximate surface area is 248 Å². The van der Waals surface area contributed by atoms with Crippen molar-refractivity contribution in [1.82, 2.24) is 15.1 Å². The number of halogens is 1. The molecule has 8 nitrogen and oxygen atoms in total. The summed E-state index contributed by atoms with van der Waals surface area (Å²) in [6.07, 6.45) is 9.89. The fourth-order valence-electron chi connectivity index (χ4n) is 8.07. The highest BCUT2D eigenvalue weighted by Gasteiger charge is 2.72. The van der Waals surface area contributed by atoms with Gasteiger partial charge in [0, 0.05) is 35.9 Å². The molecule has 2 bridgehead atoms. The van der Waals surface area contributed by atoms with Gasteiger partial charge >= 0.3 is 0 Å². The Kier molecular flexibility index (Phi) is 7.94. The quantitative estimate of drug-likeness (QED) is 0.469. The zero-order valence-corrected chi connectivity index (χ0v) is 25.1. The molecule has 1 saturated carbocycles. The molecule has 2 N–H and O–H groups in total. The lowest BCUT2D eigenvalue weighted by Gasteiger charge is -2.39. The lowest BCUT2D eigenvalue weighted by Crippen LogP contribution is -2.58. The highest BCUT2D eigenvalue weighted by molar-refractivity contribution is 6.30. The van der Waals surface area contributed by atoms with Crippen LogP contribution >= 0.6 is 11.6 Å². The van der Waals surface area contributed by atoms with Crippen LogP contribution in [0.4, 0.5) is 5.69 Å². The molecule has 3 saturated heterocycles. The molecule has 4 heterocycles. The number of ether oxygens (including phenoxy) is 1. The van der Waals surface area contributed by atoms with E-state index in [1.54, 1.807) is 29.2 Å². The van der Waals surface area contributed by atoms with Crippen LogP contribution in [0.5, 0.6) is 0 Å². The van der Waals surface area contributed by atoms with Crippen LogP contribution in [-0.2, 0) is 19.1 Å². The van der Waals surface area contributed by atoms with Gasteiger partial charge < -0.3 is 20.3 Å². The summed E-state index contributed by atoms with van der Waals surface area (Å²) >= 11 is 6.15. The fourth-order valence-corrected chi connectivity index (χ4v) is 8.26. The molecule has 0 radical (unpaired) electrons. The van der Waals surface area contributed by atoms with Gasteiger partial charge in [-0.2, -0.15) is 0 Å². The smallest absolute Gasteiger partial charge is 0.246 e. The topological polar surface area (TPSA) is 91.0 Å². The van der Waals surface area contributed by atoms with Crippen molar-refractivity contribution in [2.75, 3.05) is 25.0 Å². The van der Waals surface area contributed by atoms with E-state index in [0.717, 1.165) is 32.2 Å². The van der Waals surface area contributed by atoms with Crippen LogP contribution in [0, 0.1) is 23.7 Å². The summed E-state index contributed by atoms with van der Waals surface area (Å²) in [6, 6.07) is 6.67. The van der Waals surface area contributed by atoms with E-state index < -0.39 is 29.6 Å². The van der Waals surface area contributed by atoms with E-state index in [9.17, 15) is 14.4 Å². The van der Waals surface area contributed by atoms with Crippen molar-refractivity contribution >= 4 is 35.0 Å². The minimum atomic E-state index is -1.15. The number of likely N-dealkylation sites (tertiary alicyclic amines) is 2. The molecule has 1 spiro atoms. The fraction of sp³-hybridized carbons (Fsp3) is 0.656. The number of carbonyl (C=O) groups is 3. The number of rotatable bonds is 7. The monoisotopic (exact) mass is 582 g/mol. The first-order valence-corrected chi connectivity index (χ1v) is 15.9. The van der Waals surface area contributed by atoms with Crippen molar-refractivity contribution in [3.05, 3.63) is 41.4 Å². The normalized spacial score (nSPS) is 38.2. The Morgan fingerprint density at radius 1 is 1.07 bits per heavy atom. The largest absolute Gasteiger partial charge is 0.359 e. The van der Waals surface area contributed by atoms with E-state index in [0.29, 0.717) is 41.7 Å². The molecular formula is C32H43ClN4O4. The van der Waals surface area contributed by atoms with E-state index >= 15 is 0 Å². The van der Waals surface area contributed by atoms with Gasteiger partial charge in [-0.05, 0) is 62.8 Å². The first-order chi connectivity index (χ1) is 19.7. The number of amides is 3. The zero-order valence-electron chi connectivity index (χ0n) is 24.4. The molecule has 4 aliphatic heterocycles. The van der Waals surface area contributed by atoms with E-state index in [-0.39, 0.29) is 23.8 Å². The molecule has 5 aliphatic rings. The van der Waals surface area contributed by atoms with Crippen LogP contribution in [0.2, 0.25) is 5.02 Å². The molecule has 1 aromatic rings. The van der Waals surface area contributed by atoms with Crippen molar-refractivity contribution in [2.24, 2.45) is 23.7 Å². The van der Waals surface area contributed by atoms with Gasteiger partial charge in [-0.15, -0.1) is 0 Å². The molecule has 7 unspecified atom stereocenters. The summed E-state index contributed by atoms with van der Waals surface area (Å²) in [5.41, 5.74) is -0.585. The molecule has 41 heavy (non-hydrogen) atoms. The van der Waals surface area contributed by atoms with Crippen LogP contribution < -0.4 is 10.6 Å². The van der Waals surface area contributed by atoms with Crippen LogP contribution in [0.15, 0.2) is 36.4 Å². The van der Waals surface area contributed by atoms with Gasteiger partial charge in [-0.25, -0.2) is 0 Å². The van der Waals surface area contributed by atoms with Gasteiger partial charge in [0.25, 0.3) is 0 Å². The number of hydrogen-bond donors (Lipinski definition) is 2. The minimum absolute atomic E-state index is 0.0604. The standard InChI is InChI=1S/C32H43ClN4O4/c1-19-8-6-12-24(21(19)3)35-30(39)28-32-14-13-25(41-32)26(29(38)34-23-11-7-10-22(33)18-23)27(32)31(40)37(28)17-16-36-15-5-4-9-20(36)2/h7,10-11,13-14,18-21,24-28H,4-6,8-9,12,15-17H2,1-3H3,(H,34,38)(H,35,39)/t19?,20?,21?,24?,25-,26?,27-,28?,32?/m0/s1. The van der Waals surface area contributed by atoms with Gasteiger partial charge in [-0.3, -0.25) is 19.3 Å². The van der Waals surface area contributed by atoms with Gasteiger partial charge in [0.05, 0.1) is 17.9 Å². The summed E-state index contributed by atoms with van der Waals surface area (Å²) in [5.74, 6) is -1.23. The third kappa shape index (κ3) is 5.10. The molecule has 4 fully saturated rings. The number of anilines is 1. The second-order valence-corrected chi connectivity index (χ2v) is 13.4. The van der Waals surface area contributed by atoms with Crippen LogP contribution in [-0.4, -0.2) is 77.0 Å². The van der Waals surface area contributed by atoms with Crippen molar-refractivity contribution in [1.29, 1.82) is 0 Å². The number of carbonyl (C=O) groups excluding carboxylic acids is 3. The third-order valence-corrected chi connectivity index (χ3v) is 10.9. The number of benzene rings is 1. The molecule has 6 rings (SSSR count). The summed E-state index contributed by atoms with van der Waals surface area (Å²) in [5, 5.41) is 6.81. The summed E-state index contributed by atoms with van der Waals surface area (Å²) < 4.78 is 6.53. The second-order valence-electron chi connectivity index (χ2n) is 13.0. The Balaban J connectivity index is 1.28. The Morgan fingerprint density at radius 3 is 2.68 bits per heavy atom. The van der Waals surface area contributed by atoms with E-state index in [4.69, 9.17) is 16.3 Å². The Bertz CT molecular complexity index is 1220. The SMILES string of the molecule is CC1CCCC(NC(=O)C2N(CCN3CCCCC3C)C(=O)[C@@H]3C(C(=O)Nc4cccc(Cl)c4)[C@@H]4C=CC23O4)C1C. The van der Waals surface area contributed by atoms with Crippen molar-refractivity contribution < 1.29 is 19.1 Å². The second kappa shape index (κ2) is 11.3. The zero-order chi connectivity index (χ0) is 28.9. The average molecular weight is 583 g/mol. The van der Waals surface area contributed by atoms with E-state index in [1.165, 1.54) is 12.8 Å². The van der Waals surface area contributed by atoms with Gasteiger partial charge in [-0.1, -0.05) is 62.9 Å². The third-order valence-electron chi connectivity index (χ3n) is 10.6. The maximum atomic E-state index is 14.3.